The molecular weight excluding hydrogens is 685 g/mol. The van der Waals surface area contributed by atoms with Gasteiger partial charge in [0.15, 0.2) is 4.34 Å². The Hall–Kier alpha value is -3.86. The van der Waals surface area contributed by atoms with Crippen LogP contribution in [0.2, 0.25) is 15.1 Å². The molecule has 1 fully saturated rings. The van der Waals surface area contributed by atoms with Crippen LogP contribution in [0.15, 0.2) is 101 Å². The molecule has 1 N–H and O–H groups in total. The van der Waals surface area contributed by atoms with Crippen molar-refractivity contribution in [3.05, 3.63) is 139 Å². The van der Waals surface area contributed by atoms with Crippen LogP contribution >= 0.6 is 57.9 Å². The van der Waals surface area contributed by atoms with Crippen LogP contribution in [0.1, 0.15) is 33.9 Å². The van der Waals surface area contributed by atoms with E-state index in [0.29, 0.717) is 43.6 Å². The zero-order valence-electron chi connectivity index (χ0n) is 24.1. The van der Waals surface area contributed by atoms with Gasteiger partial charge in [-0.2, -0.15) is 0 Å². The summed E-state index contributed by atoms with van der Waals surface area (Å²) < 4.78 is 6.49. The SMILES string of the molecule is Cc1cccc(COc2ccc(/C(O)=C3\C(=O)C(=O)N(c4nnc(SCc5ccccc5Cl)s4)C3c3ccc(Cl)c(Cl)c3)cc2)c1. The molecule has 1 unspecified atom stereocenters. The van der Waals surface area contributed by atoms with E-state index in [-0.39, 0.29) is 21.5 Å². The summed E-state index contributed by atoms with van der Waals surface area (Å²) in [6.45, 7) is 2.39. The molecule has 1 aliphatic rings. The summed E-state index contributed by atoms with van der Waals surface area (Å²) >= 11 is 21.4. The second kappa shape index (κ2) is 13.9. The molecule has 1 atom stereocenters. The predicted octanol–water partition coefficient (Wildman–Crippen LogP) is 9.30. The maximum atomic E-state index is 13.6. The number of hydrogen-bond acceptors (Lipinski definition) is 8. The number of hydrogen-bond donors (Lipinski definition) is 1. The van der Waals surface area contributed by atoms with Gasteiger partial charge in [0, 0.05) is 16.3 Å². The van der Waals surface area contributed by atoms with E-state index in [0.717, 1.165) is 28.0 Å². The fourth-order valence-corrected chi connectivity index (χ4v) is 7.43. The highest BCUT2D eigenvalue weighted by atomic mass is 35.5. The minimum Gasteiger partial charge on any atom is -0.507 e. The largest absolute Gasteiger partial charge is 0.507 e. The van der Waals surface area contributed by atoms with Crippen molar-refractivity contribution >= 4 is 80.5 Å². The molecule has 1 aliphatic heterocycles. The number of thioether (sulfide) groups is 1. The van der Waals surface area contributed by atoms with E-state index in [4.69, 9.17) is 39.5 Å². The number of aliphatic hydroxyl groups excluding tert-OH is 1. The van der Waals surface area contributed by atoms with Crippen molar-refractivity contribution < 1.29 is 19.4 Å². The van der Waals surface area contributed by atoms with Crippen LogP contribution < -0.4 is 9.64 Å². The van der Waals surface area contributed by atoms with Crippen molar-refractivity contribution in [2.75, 3.05) is 4.90 Å². The van der Waals surface area contributed by atoms with Gasteiger partial charge in [-0.05, 0) is 66.1 Å². The third-order valence-corrected chi connectivity index (χ3v) is 10.4. The molecule has 0 saturated carbocycles. The van der Waals surface area contributed by atoms with E-state index >= 15 is 0 Å². The molecule has 1 saturated heterocycles. The topological polar surface area (TPSA) is 92.6 Å². The number of benzene rings is 4. The van der Waals surface area contributed by atoms with Crippen LogP contribution in [0.25, 0.3) is 5.76 Å². The monoisotopic (exact) mass is 707 g/mol. The fourth-order valence-electron chi connectivity index (χ4n) is 4.97. The van der Waals surface area contributed by atoms with Gasteiger partial charge < -0.3 is 9.84 Å². The first-order chi connectivity index (χ1) is 22.2. The van der Waals surface area contributed by atoms with Gasteiger partial charge >= 0.3 is 5.91 Å². The Morgan fingerprint density at radius 2 is 1.70 bits per heavy atom. The number of halogens is 3. The number of ketones is 1. The van der Waals surface area contributed by atoms with Crippen LogP contribution in [0.3, 0.4) is 0 Å². The van der Waals surface area contributed by atoms with Crippen LogP contribution in [-0.2, 0) is 21.9 Å². The summed E-state index contributed by atoms with van der Waals surface area (Å²) in [6.07, 6.45) is 0. The molecule has 5 aromatic rings. The highest BCUT2D eigenvalue weighted by molar-refractivity contribution is 8.00. The highest BCUT2D eigenvalue weighted by Crippen LogP contribution is 2.45. The van der Waals surface area contributed by atoms with Gasteiger partial charge in [0.2, 0.25) is 5.13 Å². The standard InChI is InChI=1S/C34H24Cl3N3O4S2/c1-19-5-4-6-20(15-19)17-44-24-12-9-21(10-13-24)30(41)28-29(22-11-14-26(36)27(37)16-22)40(32(43)31(28)42)33-38-39-34(46-33)45-18-23-7-2-3-8-25(23)35/h2-16,29,41H,17-18H2,1H3/b30-28+. The van der Waals surface area contributed by atoms with Gasteiger partial charge in [0.1, 0.15) is 18.1 Å². The molecule has 4 aromatic carbocycles. The van der Waals surface area contributed by atoms with E-state index in [1.165, 1.54) is 16.7 Å². The summed E-state index contributed by atoms with van der Waals surface area (Å²) in [5, 5.41) is 21.4. The van der Waals surface area contributed by atoms with Crippen molar-refractivity contribution in [3.8, 4) is 5.75 Å². The van der Waals surface area contributed by atoms with Gasteiger partial charge in [0.25, 0.3) is 5.78 Å². The summed E-state index contributed by atoms with van der Waals surface area (Å²) in [5.41, 5.74) is 3.77. The lowest BCUT2D eigenvalue weighted by Crippen LogP contribution is -2.29. The van der Waals surface area contributed by atoms with E-state index in [9.17, 15) is 14.7 Å². The number of anilines is 1. The van der Waals surface area contributed by atoms with Crippen molar-refractivity contribution in [1.29, 1.82) is 0 Å². The van der Waals surface area contributed by atoms with E-state index in [1.807, 2.05) is 55.5 Å². The van der Waals surface area contributed by atoms with Gasteiger partial charge in [-0.1, -0.05) is 112 Å². The first-order valence-electron chi connectivity index (χ1n) is 13.9. The summed E-state index contributed by atoms with van der Waals surface area (Å²) in [6, 6.07) is 25.9. The number of amides is 1. The molecule has 46 heavy (non-hydrogen) atoms. The maximum absolute atomic E-state index is 13.6. The number of Topliss-reactive ketones (excluding diaryl/α,β-unsaturated/α-hetero) is 1. The second-order valence-corrected chi connectivity index (χ2v) is 13.8. The van der Waals surface area contributed by atoms with Crippen molar-refractivity contribution in [2.24, 2.45) is 0 Å². The summed E-state index contributed by atoms with van der Waals surface area (Å²) in [5.74, 6) is -0.952. The van der Waals surface area contributed by atoms with Crippen molar-refractivity contribution in [2.45, 2.75) is 29.7 Å². The average Bonchev–Trinajstić information content (AvgIpc) is 3.62. The van der Waals surface area contributed by atoms with Crippen molar-refractivity contribution in [3.63, 3.8) is 0 Å². The Balaban J connectivity index is 1.32. The van der Waals surface area contributed by atoms with Gasteiger partial charge in [-0.3, -0.25) is 14.5 Å². The minimum absolute atomic E-state index is 0.114. The third-order valence-electron chi connectivity index (χ3n) is 7.23. The second-order valence-electron chi connectivity index (χ2n) is 10.4. The quantitative estimate of drug-likeness (QED) is 0.0537. The lowest BCUT2D eigenvalue weighted by molar-refractivity contribution is -0.132. The third kappa shape index (κ3) is 6.79. The number of ether oxygens (including phenoxy) is 1. The van der Waals surface area contributed by atoms with Crippen molar-refractivity contribution in [1.82, 2.24) is 10.2 Å². The Labute approximate surface area is 288 Å². The minimum atomic E-state index is -1.04. The first kappa shape index (κ1) is 32.1. The fraction of sp³-hybridized carbons (Fsp3) is 0.118. The van der Waals surface area contributed by atoms with Crippen LogP contribution in [0.5, 0.6) is 5.75 Å². The molecule has 232 valence electrons. The molecule has 0 aliphatic carbocycles. The van der Waals surface area contributed by atoms with Crippen LogP contribution in [-0.4, -0.2) is 27.0 Å². The van der Waals surface area contributed by atoms with Gasteiger partial charge in [0.05, 0.1) is 21.7 Å². The molecule has 7 nitrogen and oxygen atoms in total. The summed E-state index contributed by atoms with van der Waals surface area (Å²) in [7, 11) is 0. The van der Waals surface area contributed by atoms with E-state index in [2.05, 4.69) is 10.2 Å². The Kier molecular flexibility index (Phi) is 9.67. The Morgan fingerprint density at radius 3 is 2.43 bits per heavy atom. The lowest BCUT2D eigenvalue weighted by Gasteiger charge is -2.23. The normalized spacial score (nSPS) is 15.8. The van der Waals surface area contributed by atoms with Gasteiger partial charge in [-0.15, -0.1) is 10.2 Å². The molecule has 1 aromatic heterocycles. The molecule has 0 spiro atoms. The zero-order valence-corrected chi connectivity index (χ0v) is 28.0. The Morgan fingerprint density at radius 1 is 0.913 bits per heavy atom. The average molecular weight is 709 g/mol. The highest BCUT2D eigenvalue weighted by Gasteiger charge is 2.48. The zero-order chi connectivity index (χ0) is 32.4. The molecule has 0 bridgehead atoms. The molecule has 12 heteroatoms. The number of aromatic nitrogens is 2. The maximum Gasteiger partial charge on any atom is 0.301 e. The molecule has 6 rings (SSSR count). The molecular formula is C34H24Cl3N3O4S2. The summed E-state index contributed by atoms with van der Waals surface area (Å²) in [4.78, 5) is 28.4. The van der Waals surface area contributed by atoms with Gasteiger partial charge in [-0.25, -0.2) is 0 Å². The molecule has 2 heterocycles. The predicted molar refractivity (Wildman–Crippen MR) is 184 cm³/mol. The molecule has 1 amide bonds. The van der Waals surface area contributed by atoms with E-state index in [1.54, 1.807) is 42.5 Å². The number of carbonyl (C=O) groups is 2. The number of nitrogens with zero attached hydrogens (tertiary/aromatic N) is 3. The smallest absolute Gasteiger partial charge is 0.301 e. The number of aliphatic hydroxyl groups is 1. The van der Waals surface area contributed by atoms with Crippen LogP contribution in [0, 0.1) is 6.92 Å². The number of carbonyl (C=O) groups excluding carboxylic acids is 2. The van der Waals surface area contributed by atoms with E-state index < -0.39 is 17.7 Å². The van der Waals surface area contributed by atoms with Crippen LogP contribution in [0.4, 0.5) is 5.13 Å². The number of aryl methyl sites for hydroxylation is 1. The lowest BCUT2D eigenvalue weighted by atomic mass is 9.95. The number of rotatable bonds is 9. The Bertz CT molecular complexity index is 1980. The molecule has 0 radical (unpaired) electrons. The first-order valence-corrected chi connectivity index (χ1v) is 16.9.